The highest BCUT2D eigenvalue weighted by Crippen LogP contribution is 2.28. The van der Waals surface area contributed by atoms with Crippen molar-refractivity contribution in [1.29, 1.82) is 0 Å². The van der Waals surface area contributed by atoms with E-state index in [2.05, 4.69) is 10.3 Å². The summed E-state index contributed by atoms with van der Waals surface area (Å²) in [5, 5.41) is 11.6. The van der Waals surface area contributed by atoms with Crippen LogP contribution in [0.2, 0.25) is 0 Å². The summed E-state index contributed by atoms with van der Waals surface area (Å²) < 4.78 is 6.84. The van der Waals surface area contributed by atoms with Crippen molar-refractivity contribution in [2.75, 3.05) is 12.4 Å². The van der Waals surface area contributed by atoms with Gasteiger partial charge >= 0.3 is 5.97 Å². The number of methoxy groups -OCH3 is 1. The van der Waals surface area contributed by atoms with Crippen LogP contribution in [0.4, 0.5) is 5.69 Å². The molecule has 31 heavy (non-hydrogen) atoms. The van der Waals surface area contributed by atoms with Crippen molar-refractivity contribution in [2.45, 2.75) is 13.0 Å². The summed E-state index contributed by atoms with van der Waals surface area (Å²) in [6.45, 7) is 0.553. The van der Waals surface area contributed by atoms with Crippen LogP contribution in [0.3, 0.4) is 0 Å². The molecule has 0 bridgehead atoms. The topological polar surface area (TPSA) is 111 Å². The Morgan fingerprint density at radius 2 is 1.94 bits per heavy atom. The summed E-state index contributed by atoms with van der Waals surface area (Å²) in [7, 11) is 1.61. The molecule has 0 spiro atoms. The molecule has 8 heteroatoms. The van der Waals surface area contributed by atoms with Gasteiger partial charge in [0.25, 0.3) is 5.56 Å². The number of hydrogen-bond acceptors (Lipinski definition) is 5. The van der Waals surface area contributed by atoms with Gasteiger partial charge in [-0.1, -0.05) is 12.1 Å². The van der Waals surface area contributed by atoms with Crippen molar-refractivity contribution in [3.63, 3.8) is 0 Å². The molecule has 2 aromatic carbocycles. The summed E-state index contributed by atoms with van der Waals surface area (Å²) >= 11 is 0. The Bertz CT molecular complexity index is 1300. The quantitative estimate of drug-likeness (QED) is 0.618. The van der Waals surface area contributed by atoms with E-state index in [4.69, 9.17) is 9.84 Å². The van der Waals surface area contributed by atoms with Crippen LogP contribution in [-0.2, 0) is 16.1 Å². The Hall–Kier alpha value is -4.20. The summed E-state index contributed by atoms with van der Waals surface area (Å²) in [6.07, 6.45) is 4.37. The lowest BCUT2D eigenvalue weighted by Crippen LogP contribution is -2.21. The second kappa shape index (κ2) is 8.27. The highest BCUT2D eigenvalue weighted by Gasteiger charge is 2.21. The lowest BCUT2D eigenvalue weighted by molar-refractivity contribution is -0.131. The van der Waals surface area contributed by atoms with Gasteiger partial charge in [0.2, 0.25) is 5.91 Å². The first-order valence-electron chi connectivity index (χ1n) is 9.56. The molecule has 0 atom stereocenters. The van der Waals surface area contributed by atoms with Crippen molar-refractivity contribution in [1.82, 2.24) is 9.55 Å². The fourth-order valence-corrected chi connectivity index (χ4v) is 3.46. The number of aromatic nitrogens is 2. The molecule has 0 saturated carbocycles. The number of nitrogens with zero attached hydrogens (tertiary/aromatic N) is 2. The summed E-state index contributed by atoms with van der Waals surface area (Å²) in [5.41, 5.74) is 2.66. The van der Waals surface area contributed by atoms with Crippen LogP contribution in [0.1, 0.15) is 17.8 Å². The normalized spacial score (nSPS) is 14.2. The van der Waals surface area contributed by atoms with Gasteiger partial charge in [-0.05, 0) is 54.0 Å². The Balaban J connectivity index is 1.69. The SMILES string of the molecule is COc1ccc(/C=C2\CCn3c2nc2cc(NC(=O)/C=C\C(=O)O)ccc2c3=O)cc1. The number of carboxylic acids is 1. The predicted octanol–water partition coefficient (Wildman–Crippen LogP) is 2.93. The zero-order valence-electron chi connectivity index (χ0n) is 16.7. The molecule has 2 N–H and O–H groups in total. The maximum atomic E-state index is 12.9. The van der Waals surface area contributed by atoms with Gasteiger partial charge in [0.15, 0.2) is 0 Å². The molecule has 2 heterocycles. The average molecular weight is 417 g/mol. The van der Waals surface area contributed by atoms with Gasteiger partial charge in [-0.2, -0.15) is 0 Å². The second-order valence-electron chi connectivity index (χ2n) is 6.98. The van der Waals surface area contributed by atoms with E-state index in [1.807, 2.05) is 30.3 Å². The van der Waals surface area contributed by atoms with E-state index >= 15 is 0 Å². The third kappa shape index (κ3) is 4.23. The van der Waals surface area contributed by atoms with E-state index in [0.717, 1.165) is 29.0 Å². The fraction of sp³-hybridized carbons (Fsp3) is 0.130. The molecule has 0 saturated heterocycles. The van der Waals surface area contributed by atoms with Gasteiger partial charge in [-0.15, -0.1) is 0 Å². The third-order valence-corrected chi connectivity index (χ3v) is 4.95. The molecule has 0 aliphatic carbocycles. The first-order valence-corrected chi connectivity index (χ1v) is 9.56. The van der Waals surface area contributed by atoms with E-state index in [1.54, 1.807) is 29.9 Å². The van der Waals surface area contributed by atoms with E-state index in [0.29, 0.717) is 35.4 Å². The summed E-state index contributed by atoms with van der Waals surface area (Å²) in [4.78, 5) is 40.0. The Morgan fingerprint density at radius 3 is 2.65 bits per heavy atom. The molecule has 8 nitrogen and oxygen atoms in total. The maximum absolute atomic E-state index is 12.9. The monoisotopic (exact) mass is 417 g/mol. The summed E-state index contributed by atoms with van der Waals surface area (Å²) in [5.74, 6) is -0.431. The standard InChI is InChI=1S/C23H19N3O5/c1-31-17-5-2-14(3-6-17)12-15-10-11-26-22(15)25-19-13-16(4-7-18(19)23(26)30)24-20(27)8-9-21(28)29/h2-9,12-13H,10-11H2,1H3,(H,24,27)(H,28,29)/b9-8-,15-12+. The lowest BCUT2D eigenvalue weighted by atomic mass is 10.1. The molecule has 1 aliphatic heterocycles. The van der Waals surface area contributed by atoms with Crippen LogP contribution < -0.4 is 15.6 Å². The van der Waals surface area contributed by atoms with Crippen LogP contribution in [-0.4, -0.2) is 33.6 Å². The Morgan fingerprint density at radius 1 is 1.16 bits per heavy atom. The number of aliphatic carboxylic acids is 1. The number of carbonyl (C=O) groups is 2. The highest BCUT2D eigenvalue weighted by atomic mass is 16.5. The number of rotatable bonds is 5. The summed E-state index contributed by atoms with van der Waals surface area (Å²) in [6, 6.07) is 12.4. The van der Waals surface area contributed by atoms with Crippen LogP contribution in [0.5, 0.6) is 5.75 Å². The van der Waals surface area contributed by atoms with Gasteiger partial charge in [0.1, 0.15) is 11.6 Å². The molecule has 1 aliphatic rings. The molecule has 156 valence electrons. The van der Waals surface area contributed by atoms with Crippen LogP contribution in [0.25, 0.3) is 22.6 Å². The molecule has 1 aromatic heterocycles. The fourth-order valence-electron chi connectivity index (χ4n) is 3.46. The van der Waals surface area contributed by atoms with Crippen molar-refractivity contribution in [3.8, 4) is 5.75 Å². The number of hydrogen-bond donors (Lipinski definition) is 2. The van der Waals surface area contributed by atoms with Crippen molar-refractivity contribution in [2.24, 2.45) is 0 Å². The number of allylic oxidation sites excluding steroid dienone is 1. The predicted molar refractivity (Wildman–Crippen MR) is 117 cm³/mol. The molecular formula is C23H19N3O5. The second-order valence-corrected chi connectivity index (χ2v) is 6.98. The zero-order valence-corrected chi connectivity index (χ0v) is 16.7. The third-order valence-electron chi connectivity index (χ3n) is 4.95. The van der Waals surface area contributed by atoms with Gasteiger partial charge < -0.3 is 15.2 Å². The molecule has 0 radical (unpaired) electrons. The van der Waals surface area contributed by atoms with Crippen molar-refractivity contribution in [3.05, 3.63) is 76.4 Å². The lowest BCUT2D eigenvalue weighted by Gasteiger charge is -2.08. The smallest absolute Gasteiger partial charge is 0.328 e. The van der Waals surface area contributed by atoms with E-state index in [1.165, 1.54) is 0 Å². The molecule has 0 unspecified atom stereocenters. The van der Waals surface area contributed by atoms with Gasteiger partial charge in [-0.3, -0.25) is 14.2 Å². The number of carboxylic acid groups (broad SMARTS) is 1. The van der Waals surface area contributed by atoms with Gasteiger partial charge in [0.05, 0.1) is 18.0 Å². The Labute approximate surface area is 177 Å². The maximum Gasteiger partial charge on any atom is 0.328 e. The van der Waals surface area contributed by atoms with E-state index in [9.17, 15) is 14.4 Å². The number of amides is 1. The van der Waals surface area contributed by atoms with E-state index in [-0.39, 0.29) is 5.56 Å². The average Bonchev–Trinajstić information content (AvgIpc) is 3.15. The Kier molecular flexibility index (Phi) is 5.36. The number of fused-ring (bicyclic) bond motifs is 2. The molecular weight excluding hydrogens is 398 g/mol. The van der Waals surface area contributed by atoms with Crippen LogP contribution in [0, 0.1) is 0 Å². The molecule has 0 fully saturated rings. The number of anilines is 1. The molecule has 1 amide bonds. The molecule has 3 aromatic rings. The van der Waals surface area contributed by atoms with Gasteiger partial charge in [-0.25, -0.2) is 9.78 Å². The van der Waals surface area contributed by atoms with Crippen LogP contribution >= 0.6 is 0 Å². The number of ether oxygens (including phenoxy) is 1. The molecule has 4 rings (SSSR count). The van der Waals surface area contributed by atoms with E-state index < -0.39 is 11.9 Å². The first-order chi connectivity index (χ1) is 14.9. The minimum absolute atomic E-state index is 0.137. The minimum Gasteiger partial charge on any atom is -0.497 e. The first kappa shape index (κ1) is 20.1. The van der Waals surface area contributed by atoms with Gasteiger partial charge in [0, 0.05) is 24.4 Å². The highest BCUT2D eigenvalue weighted by molar-refractivity contribution is 6.03. The minimum atomic E-state index is -1.21. The number of nitrogens with one attached hydrogen (secondary N) is 1. The van der Waals surface area contributed by atoms with Crippen LogP contribution in [0.15, 0.2) is 59.4 Å². The number of carbonyl (C=O) groups excluding carboxylic acids is 1. The van der Waals surface area contributed by atoms with Crippen molar-refractivity contribution >= 4 is 40.1 Å². The zero-order chi connectivity index (χ0) is 22.0. The van der Waals surface area contributed by atoms with Crippen molar-refractivity contribution < 1.29 is 19.4 Å². The largest absolute Gasteiger partial charge is 0.497 e. The number of benzene rings is 2.